The van der Waals surface area contributed by atoms with Gasteiger partial charge in [0.1, 0.15) is 11.2 Å². The molecule has 0 aliphatic heterocycles. The molecule has 5 aromatic carbocycles. The van der Waals surface area contributed by atoms with Crippen LogP contribution in [-0.4, -0.2) is 23.2 Å². The predicted octanol–water partition coefficient (Wildman–Crippen LogP) is 7.92. The van der Waals surface area contributed by atoms with Crippen LogP contribution < -0.4 is 31.9 Å². The lowest BCUT2D eigenvalue weighted by Gasteiger charge is -2.25. The standard InChI is InChI=1S/C38H40N4P2/c1-29(2)39-37(43(31-19-9-5-10-20-31)32-21-11-6-12-22-32)41-35-27-17-18-28-36(35)42-38(40-30(3)4)44(33-23-13-7-14-24-33)34-25-15-8-16-26-34/h5-30H,1-4H3,(H,39,41)(H,40,42). The van der Waals surface area contributed by atoms with Crippen LogP contribution in [0.1, 0.15) is 27.7 Å². The van der Waals surface area contributed by atoms with Gasteiger partial charge in [0, 0.05) is 27.9 Å². The van der Waals surface area contributed by atoms with Gasteiger partial charge in [0.25, 0.3) is 0 Å². The van der Waals surface area contributed by atoms with Crippen molar-refractivity contribution in [2.24, 2.45) is 9.98 Å². The molecule has 0 amide bonds. The predicted molar refractivity (Wildman–Crippen MR) is 195 cm³/mol. The number of rotatable bonds is 10. The number of benzene rings is 5. The van der Waals surface area contributed by atoms with Crippen molar-refractivity contribution in [3.63, 3.8) is 0 Å². The maximum absolute atomic E-state index is 5.40. The maximum atomic E-state index is 5.40. The summed E-state index contributed by atoms with van der Waals surface area (Å²) in [5, 5.41) is 12.5. The Bertz CT molecular complexity index is 1450. The van der Waals surface area contributed by atoms with Crippen LogP contribution in [0.15, 0.2) is 156 Å². The summed E-state index contributed by atoms with van der Waals surface area (Å²) in [5.74, 6) is 0. The Labute approximate surface area is 264 Å². The second kappa shape index (κ2) is 15.6. The molecule has 0 spiro atoms. The second-order valence-corrected chi connectivity index (χ2v) is 15.2. The molecular weight excluding hydrogens is 574 g/mol. The largest absolute Gasteiger partial charge is 0.367 e. The molecule has 44 heavy (non-hydrogen) atoms. The number of aliphatic imine (C=N–C) groups is 2. The van der Waals surface area contributed by atoms with E-state index in [9.17, 15) is 0 Å². The average molecular weight is 615 g/mol. The zero-order valence-electron chi connectivity index (χ0n) is 25.8. The first-order valence-corrected chi connectivity index (χ1v) is 17.8. The molecule has 0 aromatic heterocycles. The van der Waals surface area contributed by atoms with Crippen molar-refractivity contribution in [2.75, 3.05) is 0 Å². The van der Waals surface area contributed by atoms with Gasteiger partial charge in [0.05, 0.1) is 11.4 Å². The van der Waals surface area contributed by atoms with E-state index in [0.717, 1.165) is 22.5 Å². The molecule has 222 valence electrons. The van der Waals surface area contributed by atoms with Crippen LogP contribution in [0, 0.1) is 0 Å². The van der Waals surface area contributed by atoms with E-state index >= 15 is 0 Å². The van der Waals surface area contributed by atoms with E-state index in [-0.39, 0.29) is 12.1 Å². The van der Waals surface area contributed by atoms with E-state index in [4.69, 9.17) is 9.98 Å². The molecule has 0 fully saturated rings. The van der Waals surface area contributed by atoms with Crippen LogP contribution in [0.4, 0.5) is 11.4 Å². The van der Waals surface area contributed by atoms with E-state index in [1.54, 1.807) is 0 Å². The number of para-hydroxylation sites is 2. The van der Waals surface area contributed by atoms with Crippen molar-refractivity contribution in [3.8, 4) is 0 Å². The maximum Gasteiger partial charge on any atom is 0.134 e. The van der Waals surface area contributed by atoms with E-state index in [0.29, 0.717) is 0 Å². The summed E-state index contributed by atoms with van der Waals surface area (Å²) < 4.78 is 0. The van der Waals surface area contributed by atoms with Gasteiger partial charge in [-0.1, -0.05) is 133 Å². The summed E-state index contributed by atoms with van der Waals surface area (Å²) in [6.07, 6.45) is 0. The highest BCUT2D eigenvalue weighted by molar-refractivity contribution is 7.88. The molecule has 4 nitrogen and oxygen atoms in total. The number of hydrogen-bond acceptors (Lipinski definition) is 2. The molecule has 0 saturated heterocycles. The summed E-state index contributed by atoms with van der Waals surface area (Å²) in [4.78, 5) is 10.8. The third-order valence-electron chi connectivity index (χ3n) is 6.65. The fourth-order valence-electron chi connectivity index (χ4n) is 4.79. The molecule has 0 aliphatic rings. The first-order chi connectivity index (χ1) is 21.5. The molecule has 0 heterocycles. The Morgan fingerprint density at radius 1 is 0.409 bits per heavy atom. The fourth-order valence-corrected chi connectivity index (χ4v) is 9.43. The number of amidine groups is 2. The highest BCUT2D eigenvalue weighted by atomic mass is 31.1. The lowest BCUT2D eigenvalue weighted by Crippen LogP contribution is -2.34. The average Bonchev–Trinajstić information content (AvgIpc) is 3.04. The van der Waals surface area contributed by atoms with Crippen molar-refractivity contribution in [3.05, 3.63) is 146 Å². The molecule has 2 N–H and O–H groups in total. The third-order valence-corrected chi connectivity index (χ3v) is 11.2. The van der Waals surface area contributed by atoms with Crippen LogP contribution in [0.2, 0.25) is 0 Å². The van der Waals surface area contributed by atoms with Crippen molar-refractivity contribution < 1.29 is 0 Å². The van der Waals surface area contributed by atoms with Gasteiger partial charge in [-0.05, 0) is 61.0 Å². The molecule has 5 aromatic rings. The van der Waals surface area contributed by atoms with Gasteiger partial charge in [-0.3, -0.25) is 0 Å². The van der Waals surface area contributed by atoms with Gasteiger partial charge in [0.15, 0.2) is 0 Å². The number of hydrogen-bond donors (Lipinski definition) is 2. The van der Waals surface area contributed by atoms with E-state index in [1.165, 1.54) is 21.2 Å². The topological polar surface area (TPSA) is 48.8 Å². The lowest BCUT2D eigenvalue weighted by atomic mass is 10.3. The van der Waals surface area contributed by atoms with Gasteiger partial charge in [-0.2, -0.15) is 0 Å². The Kier molecular flexibility index (Phi) is 11.1. The minimum Gasteiger partial charge on any atom is -0.367 e. The van der Waals surface area contributed by atoms with Crippen LogP contribution in [0.5, 0.6) is 0 Å². The fraction of sp³-hybridized carbons (Fsp3) is 0.158. The van der Waals surface area contributed by atoms with E-state index < -0.39 is 15.8 Å². The Hall–Kier alpha value is -4.10. The molecular formula is C38H40N4P2. The van der Waals surface area contributed by atoms with Crippen LogP contribution in [0.3, 0.4) is 0 Å². The minimum atomic E-state index is -0.923. The highest BCUT2D eigenvalue weighted by Crippen LogP contribution is 2.40. The SMILES string of the molecule is CC(C)NC(=Nc1ccccc1N=C(NC(C)C)P(c1ccccc1)c1ccccc1)P(c1ccccc1)c1ccccc1. The zero-order chi connectivity index (χ0) is 30.7. The van der Waals surface area contributed by atoms with Gasteiger partial charge in [0.2, 0.25) is 0 Å². The minimum absolute atomic E-state index is 0.212. The van der Waals surface area contributed by atoms with Crippen molar-refractivity contribution >= 4 is 59.6 Å². The monoisotopic (exact) mass is 614 g/mol. The van der Waals surface area contributed by atoms with Crippen molar-refractivity contribution in [2.45, 2.75) is 39.8 Å². The summed E-state index contributed by atoms with van der Waals surface area (Å²) in [6.45, 7) is 8.67. The Morgan fingerprint density at radius 2 is 0.659 bits per heavy atom. The molecule has 0 atom stereocenters. The first kappa shape index (κ1) is 31.3. The Balaban J connectivity index is 1.68. The number of nitrogens with zero attached hydrogens (tertiary/aromatic N) is 2. The molecule has 0 radical (unpaired) electrons. The van der Waals surface area contributed by atoms with Crippen molar-refractivity contribution in [1.29, 1.82) is 0 Å². The highest BCUT2D eigenvalue weighted by Gasteiger charge is 2.24. The number of nitrogens with one attached hydrogen (secondary N) is 2. The molecule has 0 aliphatic carbocycles. The molecule has 0 saturated carbocycles. The van der Waals surface area contributed by atoms with Gasteiger partial charge in [-0.15, -0.1) is 0 Å². The third kappa shape index (κ3) is 8.29. The zero-order valence-corrected chi connectivity index (χ0v) is 27.6. The molecule has 5 rings (SSSR count). The molecule has 0 bridgehead atoms. The summed E-state index contributed by atoms with van der Waals surface area (Å²) >= 11 is 0. The quantitative estimate of drug-likeness (QED) is 0.0954. The van der Waals surface area contributed by atoms with Crippen LogP contribution in [-0.2, 0) is 0 Å². The normalized spacial score (nSPS) is 12.3. The Morgan fingerprint density at radius 3 is 0.909 bits per heavy atom. The van der Waals surface area contributed by atoms with Crippen LogP contribution in [0.25, 0.3) is 0 Å². The van der Waals surface area contributed by atoms with Gasteiger partial charge in [-0.25, -0.2) is 9.98 Å². The van der Waals surface area contributed by atoms with Crippen LogP contribution >= 0.6 is 15.8 Å². The summed E-state index contributed by atoms with van der Waals surface area (Å²) in [7, 11) is -1.85. The molecule has 0 unspecified atom stereocenters. The smallest absolute Gasteiger partial charge is 0.134 e. The summed E-state index contributed by atoms with van der Waals surface area (Å²) in [5.41, 5.74) is 3.60. The van der Waals surface area contributed by atoms with E-state index in [2.05, 4.69) is 172 Å². The first-order valence-electron chi connectivity index (χ1n) is 15.1. The second-order valence-electron chi connectivity index (χ2n) is 11.0. The molecule has 6 heteroatoms. The lowest BCUT2D eigenvalue weighted by molar-refractivity contribution is 0.739. The van der Waals surface area contributed by atoms with Gasteiger partial charge >= 0.3 is 0 Å². The summed E-state index contributed by atoms with van der Waals surface area (Å²) in [6, 6.07) is 51.5. The van der Waals surface area contributed by atoms with Gasteiger partial charge < -0.3 is 10.6 Å². The van der Waals surface area contributed by atoms with E-state index in [1.807, 2.05) is 12.1 Å². The van der Waals surface area contributed by atoms with Crippen molar-refractivity contribution in [1.82, 2.24) is 10.6 Å².